The molecule has 0 saturated carbocycles. The first kappa shape index (κ1) is 59.4. The number of carboxylic acids is 1. The molecule has 7 atom stereocenters. The molecule has 71 heavy (non-hydrogen) atoms. The fraction of sp³-hybridized carbons (Fsp3) is 0.500. The zero-order chi connectivity index (χ0) is 53.2. The normalized spacial score (nSPS) is 14.3. The molecule has 0 aliphatic rings. The standard InChI is InChI=1S/C52H74N8O9S2/c1-33(2)27-42(60(11)49(66)39(53)32-70-71-52(5,6)7)47(64)55-40(28-36-21-15-12-16-22-36)50(67)57(8)31-44(61)59(10)43(30-38-25-19-14-20-26-38)46(63)54-34(3)48(65)58(9)35(4)45(62)56-41(51(68)69)29-37-23-17-13-18-24-37/h12-26,33-35,39-43H,27-32,53H2,1-11H3,(H,54,63)(H,55,64)(H,56,62)(H,68,69)/t34-,35-,39-,40-,41-,42-,43-/m0/s1. The fourth-order valence-corrected chi connectivity index (χ4v) is 9.85. The van der Waals surface area contributed by atoms with E-state index in [1.54, 1.807) is 83.6 Å². The SMILES string of the molecule is CC(C)C[C@@H](C(=O)N[C@@H](Cc1ccccc1)C(=O)N(C)CC(=O)N(C)[C@@H](Cc1ccccc1)C(=O)N[C@@H](C)C(=O)N(C)[C@@H](C)C(=O)N[C@@H](Cc1ccccc1)C(=O)O)N(C)C(=O)[C@@H](N)CSSC(C)(C)C. The molecule has 0 fully saturated rings. The Bertz CT molecular complexity index is 2250. The van der Waals surface area contributed by atoms with Gasteiger partial charge in [0.1, 0.15) is 36.3 Å². The number of nitrogens with zero attached hydrogens (tertiary/aromatic N) is 4. The summed E-state index contributed by atoms with van der Waals surface area (Å²) in [5, 5.41) is 17.9. The van der Waals surface area contributed by atoms with Crippen molar-refractivity contribution in [2.24, 2.45) is 11.7 Å². The smallest absolute Gasteiger partial charge is 0.326 e. The van der Waals surface area contributed by atoms with Crippen LogP contribution in [0.2, 0.25) is 0 Å². The van der Waals surface area contributed by atoms with Crippen LogP contribution < -0.4 is 21.7 Å². The highest BCUT2D eigenvalue weighted by Gasteiger charge is 2.37. The van der Waals surface area contributed by atoms with Gasteiger partial charge in [-0.1, -0.05) is 147 Å². The van der Waals surface area contributed by atoms with Crippen molar-refractivity contribution in [1.82, 2.24) is 35.6 Å². The second-order valence-corrected chi connectivity index (χ2v) is 22.4. The number of carboxylic acid groups (broad SMARTS) is 1. The van der Waals surface area contributed by atoms with E-state index in [-0.39, 0.29) is 36.3 Å². The Balaban J connectivity index is 1.80. The van der Waals surface area contributed by atoms with E-state index < -0.39 is 96.2 Å². The van der Waals surface area contributed by atoms with Gasteiger partial charge < -0.3 is 46.4 Å². The van der Waals surface area contributed by atoms with Gasteiger partial charge in [0.2, 0.25) is 41.4 Å². The van der Waals surface area contributed by atoms with Crippen LogP contribution >= 0.6 is 21.6 Å². The lowest BCUT2D eigenvalue weighted by Gasteiger charge is -2.33. The van der Waals surface area contributed by atoms with Crippen LogP contribution in [0.25, 0.3) is 0 Å². The second-order valence-electron chi connectivity index (χ2n) is 19.3. The monoisotopic (exact) mass is 1020 g/mol. The first-order chi connectivity index (χ1) is 33.3. The van der Waals surface area contributed by atoms with E-state index >= 15 is 0 Å². The van der Waals surface area contributed by atoms with Crippen LogP contribution in [-0.4, -0.2) is 160 Å². The summed E-state index contributed by atoms with van der Waals surface area (Å²) < 4.78 is -0.0475. The number of rotatable bonds is 26. The van der Waals surface area contributed by atoms with Gasteiger partial charge in [-0.25, -0.2) is 4.79 Å². The molecule has 0 spiro atoms. The average Bonchev–Trinajstić information content (AvgIpc) is 3.32. The molecule has 0 heterocycles. The summed E-state index contributed by atoms with van der Waals surface area (Å²) in [6.45, 7) is 12.4. The van der Waals surface area contributed by atoms with Gasteiger partial charge in [0.15, 0.2) is 0 Å². The first-order valence-corrected chi connectivity index (χ1v) is 26.0. The highest BCUT2D eigenvalue weighted by molar-refractivity contribution is 8.77. The molecule has 0 bridgehead atoms. The Morgan fingerprint density at radius 2 is 1.06 bits per heavy atom. The topological polar surface area (TPSA) is 232 Å². The third-order valence-electron chi connectivity index (χ3n) is 11.7. The van der Waals surface area contributed by atoms with Gasteiger partial charge in [-0.05, 0) is 42.9 Å². The van der Waals surface area contributed by atoms with Gasteiger partial charge in [0.05, 0.1) is 12.6 Å². The Labute approximate surface area is 427 Å². The van der Waals surface area contributed by atoms with Crippen LogP contribution in [0.5, 0.6) is 0 Å². The summed E-state index contributed by atoms with van der Waals surface area (Å²) in [5.74, 6) is -5.14. The lowest BCUT2D eigenvalue weighted by Crippen LogP contribution is -2.59. The third kappa shape index (κ3) is 19.3. The van der Waals surface area contributed by atoms with Crippen LogP contribution in [0.1, 0.15) is 71.6 Å². The largest absolute Gasteiger partial charge is 0.480 e. The minimum absolute atomic E-state index is 0.0100. The van der Waals surface area contributed by atoms with Crippen LogP contribution in [0.15, 0.2) is 91.0 Å². The fourth-order valence-electron chi connectivity index (χ4n) is 7.44. The van der Waals surface area contributed by atoms with E-state index in [1.807, 2.05) is 32.0 Å². The molecule has 6 N–H and O–H groups in total. The van der Waals surface area contributed by atoms with Gasteiger partial charge >= 0.3 is 5.97 Å². The molecule has 0 aromatic heterocycles. The molecular formula is C52H74N8O9S2. The Morgan fingerprint density at radius 3 is 1.54 bits per heavy atom. The number of carbonyl (C=O) groups excluding carboxylic acids is 7. The highest BCUT2D eigenvalue weighted by atomic mass is 33.1. The predicted molar refractivity (Wildman–Crippen MR) is 280 cm³/mol. The molecule has 0 saturated heterocycles. The van der Waals surface area contributed by atoms with Crippen molar-refractivity contribution < 1.29 is 43.5 Å². The van der Waals surface area contributed by atoms with Crippen molar-refractivity contribution in [3.05, 3.63) is 108 Å². The number of hydrogen-bond donors (Lipinski definition) is 5. The molecule has 3 aromatic rings. The molecular weight excluding hydrogens is 945 g/mol. The maximum absolute atomic E-state index is 14.4. The zero-order valence-electron chi connectivity index (χ0n) is 42.9. The lowest BCUT2D eigenvalue weighted by molar-refractivity contribution is -0.146. The summed E-state index contributed by atoms with van der Waals surface area (Å²) in [5.41, 5.74) is 8.48. The van der Waals surface area contributed by atoms with Crippen LogP contribution in [-0.2, 0) is 57.6 Å². The van der Waals surface area contributed by atoms with Crippen LogP contribution in [0.3, 0.4) is 0 Å². The molecule has 7 amide bonds. The predicted octanol–water partition coefficient (Wildman–Crippen LogP) is 3.79. The second kappa shape index (κ2) is 28.2. The summed E-state index contributed by atoms with van der Waals surface area (Å²) in [6.07, 6.45) is 0.418. The number of carbonyl (C=O) groups is 8. The van der Waals surface area contributed by atoms with Gasteiger partial charge in [-0.15, -0.1) is 0 Å². The maximum atomic E-state index is 14.4. The van der Waals surface area contributed by atoms with Crippen LogP contribution in [0, 0.1) is 5.92 Å². The minimum atomic E-state index is -1.26. The zero-order valence-corrected chi connectivity index (χ0v) is 44.6. The summed E-state index contributed by atoms with van der Waals surface area (Å²) in [7, 11) is 8.84. The number of benzene rings is 3. The van der Waals surface area contributed by atoms with Gasteiger partial charge in [0, 0.05) is 58.0 Å². The number of amides is 7. The van der Waals surface area contributed by atoms with E-state index in [4.69, 9.17) is 5.73 Å². The molecule has 0 aliphatic carbocycles. The van der Waals surface area contributed by atoms with Crippen molar-refractivity contribution in [2.45, 2.75) is 121 Å². The molecule has 3 rings (SSSR count). The van der Waals surface area contributed by atoms with E-state index in [2.05, 4.69) is 36.7 Å². The van der Waals surface area contributed by atoms with Crippen molar-refractivity contribution in [2.75, 3.05) is 40.5 Å². The third-order valence-corrected chi connectivity index (χ3v) is 15.1. The number of nitrogens with two attached hydrogens (primary N) is 1. The quantitative estimate of drug-likeness (QED) is 0.0724. The number of hydrogen-bond acceptors (Lipinski definition) is 11. The van der Waals surface area contributed by atoms with Gasteiger partial charge in [0.25, 0.3) is 0 Å². The number of nitrogens with one attached hydrogen (secondary N) is 3. The van der Waals surface area contributed by atoms with Crippen molar-refractivity contribution in [3.63, 3.8) is 0 Å². The summed E-state index contributed by atoms with van der Waals surface area (Å²) >= 11 is 0. The summed E-state index contributed by atoms with van der Waals surface area (Å²) in [4.78, 5) is 114. The van der Waals surface area contributed by atoms with E-state index in [0.29, 0.717) is 16.9 Å². The van der Waals surface area contributed by atoms with E-state index in [9.17, 15) is 43.5 Å². The van der Waals surface area contributed by atoms with Crippen molar-refractivity contribution in [1.29, 1.82) is 0 Å². The average molecular weight is 1020 g/mol. The minimum Gasteiger partial charge on any atom is -0.480 e. The first-order valence-electron chi connectivity index (χ1n) is 23.7. The van der Waals surface area contributed by atoms with Crippen molar-refractivity contribution >= 4 is 68.9 Å². The molecule has 0 radical (unpaired) electrons. The van der Waals surface area contributed by atoms with E-state index in [0.717, 1.165) is 10.5 Å². The number of likely N-dealkylation sites (N-methyl/N-ethyl adjacent to an activating group) is 4. The molecule has 19 heteroatoms. The molecule has 0 aliphatic heterocycles. The number of aliphatic carboxylic acids is 1. The van der Waals surface area contributed by atoms with Gasteiger partial charge in [-0.2, -0.15) is 0 Å². The van der Waals surface area contributed by atoms with Gasteiger partial charge in [-0.3, -0.25) is 33.6 Å². The molecule has 17 nitrogen and oxygen atoms in total. The summed E-state index contributed by atoms with van der Waals surface area (Å²) in [6, 6.07) is 19.0. The van der Waals surface area contributed by atoms with Crippen LogP contribution in [0.4, 0.5) is 0 Å². The maximum Gasteiger partial charge on any atom is 0.326 e. The lowest BCUT2D eigenvalue weighted by atomic mass is 9.99. The highest BCUT2D eigenvalue weighted by Crippen LogP contribution is 2.35. The Kier molecular flexibility index (Phi) is 23.6. The molecule has 0 unspecified atom stereocenters. The van der Waals surface area contributed by atoms with E-state index in [1.165, 1.54) is 67.5 Å². The Morgan fingerprint density at radius 1 is 0.592 bits per heavy atom. The molecule has 388 valence electrons. The Hall–Kier alpha value is -5.92. The molecule has 3 aromatic carbocycles. The van der Waals surface area contributed by atoms with Crippen molar-refractivity contribution in [3.8, 4) is 0 Å².